The number of rotatable bonds is 2. The maximum absolute atomic E-state index is 13.9. The van der Waals surface area contributed by atoms with Crippen LogP contribution in [0.4, 0.5) is 9.18 Å². The van der Waals surface area contributed by atoms with Gasteiger partial charge in [0.1, 0.15) is 5.60 Å². The predicted octanol–water partition coefficient (Wildman–Crippen LogP) is 2.89. The summed E-state index contributed by atoms with van der Waals surface area (Å²) in [4.78, 5) is 13.7. The number of carbonyl (C=O) groups is 1. The molecule has 128 valence electrons. The fourth-order valence-electron chi connectivity index (χ4n) is 2.80. The normalized spacial score (nSPS) is 21.9. The molecule has 0 bridgehead atoms. The van der Waals surface area contributed by atoms with Gasteiger partial charge < -0.3 is 20.1 Å². The van der Waals surface area contributed by atoms with E-state index in [9.17, 15) is 9.18 Å². The molecule has 1 fully saturated rings. The Bertz CT molecular complexity index is 571. The van der Waals surface area contributed by atoms with Crippen LogP contribution in [0.2, 0.25) is 0 Å². The summed E-state index contributed by atoms with van der Waals surface area (Å²) in [6, 6.07) is 4.64. The van der Waals surface area contributed by atoms with Gasteiger partial charge in [-0.1, -0.05) is 6.07 Å². The lowest BCUT2D eigenvalue weighted by atomic mass is 9.86. The fourth-order valence-corrected chi connectivity index (χ4v) is 2.80. The number of hydrogen-bond donors (Lipinski definition) is 1. The summed E-state index contributed by atoms with van der Waals surface area (Å²) < 4.78 is 24.2. The zero-order valence-electron chi connectivity index (χ0n) is 14.1. The molecule has 1 aliphatic heterocycles. The first kappa shape index (κ1) is 17.5. The van der Waals surface area contributed by atoms with Gasteiger partial charge in [0, 0.05) is 25.0 Å². The molecule has 1 aromatic rings. The van der Waals surface area contributed by atoms with Crippen molar-refractivity contribution in [3.05, 3.63) is 29.6 Å². The third-order valence-electron chi connectivity index (χ3n) is 3.91. The predicted molar refractivity (Wildman–Crippen MR) is 86.1 cm³/mol. The largest absolute Gasteiger partial charge is 0.494 e. The summed E-state index contributed by atoms with van der Waals surface area (Å²) in [5, 5.41) is 0. The molecule has 0 saturated carbocycles. The average molecular weight is 324 g/mol. The molecular weight excluding hydrogens is 299 g/mol. The maximum atomic E-state index is 13.9. The van der Waals surface area contributed by atoms with E-state index in [1.807, 2.05) is 26.8 Å². The highest BCUT2D eigenvalue weighted by molar-refractivity contribution is 5.68. The smallest absolute Gasteiger partial charge is 0.410 e. The van der Waals surface area contributed by atoms with E-state index in [2.05, 4.69) is 0 Å². The number of nitrogens with zero attached hydrogens (tertiary/aromatic N) is 1. The van der Waals surface area contributed by atoms with Crippen molar-refractivity contribution >= 4 is 6.09 Å². The number of hydrogen-bond acceptors (Lipinski definition) is 4. The van der Waals surface area contributed by atoms with Crippen LogP contribution in [0.3, 0.4) is 0 Å². The molecule has 0 radical (unpaired) electrons. The monoisotopic (exact) mass is 324 g/mol. The third-order valence-corrected chi connectivity index (χ3v) is 3.91. The molecule has 5 nitrogen and oxygen atoms in total. The number of carbonyl (C=O) groups excluding carboxylic acids is 1. The molecule has 0 aliphatic carbocycles. The Balaban J connectivity index is 2.04. The van der Waals surface area contributed by atoms with E-state index in [1.165, 1.54) is 13.2 Å². The average Bonchev–Trinajstić information content (AvgIpc) is 2.45. The van der Waals surface area contributed by atoms with Gasteiger partial charge in [0.05, 0.1) is 7.11 Å². The van der Waals surface area contributed by atoms with Crippen molar-refractivity contribution < 1.29 is 18.7 Å². The second kappa shape index (κ2) is 6.74. The van der Waals surface area contributed by atoms with Gasteiger partial charge in [-0.15, -0.1) is 0 Å². The van der Waals surface area contributed by atoms with Crippen molar-refractivity contribution in [1.82, 2.24) is 4.90 Å². The van der Waals surface area contributed by atoms with Crippen LogP contribution in [0, 0.1) is 5.82 Å². The molecule has 1 heterocycles. The highest BCUT2D eigenvalue weighted by Crippen LogP contribution is 2.30. The van der Waals surface area contributed by atoms with Crippen LogP contribution in [-0.2, 0) is 4.74 Å². The molecule has 1 aromatic carbocycles. The third kappa shape index (κ3) is 4.34. The van der Waals surface area contributed by atoms with E-state index in [-0.39, 0.29) is 23.8 Å². The molecule has 1 amide bonds. The van der Waals surface area contributed by atoms with Crippen LogP contribution in [-0.4, -0.2) is 42.8 Å². The van der Waals surface area contributed by atoms with Gasteiger partial charge >= 0.3 is 6.09 Å². The standard InChI is InChI=1S/C17H25FN2O3/c1-17(2,3)23-16(21)20-8-7-12(14(19)10-20)11-5-6-15(22-4)13(18)9-11/h5-6,9,12,14H,7-8,10,19H2,1-4H3/t12-,14+/m0/s1. The number of amides is 1. The summed E-state index contributed by atoms with van der Waals surface area (Å²) in [5.74, 6) is -0.172. The lowest BCUT2D eigenvalue weighted by Crippen LogP contribution is -2.50. The highest BCUT2D eigenvalue weighted by atomic mass is 19.1. The SMILES string of the molecule is COc1ccc([C@@H]2CCN(C(=O)OC(C)(C)C)C[C@H]2N)cc1F. The van der Waals surface area contributed by atoms with Crippen molar-refractivity contribution in [2.24, 2.45) is 5.73 Å². The van der Waals surface area contributed by atoms with E-state index in [1.54, 1.807) is 11.0 Å². The molecule has 23 heavy (non-hydrogen) atoms. The highest BCUT2D eigenvalue weighted by Gasteiger charge is 2.32. The quantitative estimate of drug-likeness (QED) is 0.908. The zero-order chi connectivity index (χ0) is 17.2. The molecule has 1 aliphatic rings. The number of likely N-dealkylation sites (tertiary alicyclic amines) is 1. The first-order valence-electron chi connectivity index (χ1n) is 7.78. The summed E-state index contributed by atoms with van der Waals surface area (Å²) >= 11 is 0. The molecule has 1 saturated heterocycles. The number of nitrogens with two attached hydrogens (primary N) is 1. The molecule has 0 unspecified atom stereocenters. The van der Waals surface area contributed by atoms with Crippen LogP contribution in [0.15, 0.2) is 18.2 Å². The minimum absolute atomic E-state index is 0.00842. The Morgan fingerprint density at radius 2 is 2.09 bits per heavy atom. The minimum Gasteiger partial charge on any atom is -0.494 e. The van der Waals surface area contributed by atoms with Gasteiger partial charge in [0.15, 0.2) is 11.6 Å². The Morgan fingerprint density at radius 1 is 1.39 bits per heavy atom. The summed E-state index contributed by atoms with van der Waals surface area (Å²) in [6.07, 6.45) is 0.318. The van der Waals surface area contributed by atoms with Crippen LogP contribution < -0.4 is 10.5 Å². The number of halogens is 1. The summed E-state index contributed by atoms with van der Waals surface area (Å²) in [7, 11) is 1.43. The van der Waals surface area contributed by atoms with Crippen molar-refractivity contribution in [2.75, 3.05) is 20.2 Å². The van der Waals surface area contributed by atoms with Gasteiger partial charge in [-0.3, -0.25) is 0 Å². The second-order valence-electron chi connectivity index (χ2n) is 6.88. The molecule has 2 N–H and O–H groups in total. The number of piperidine rings is 1. The lowest BCUT2D eigenvalue weighted by Gasteiger charge is -2.37. The van der Waals surface area contributed by atoms with Crippen LogP contribution in [0.5, 0.6) is 5.75 Å². The summed E-state index contributed by atoms with van der Waals surface area (Å²) in [6.45, 7) is 6.43. The van der Waals surface area contributed by atoms with E-state index < -0.39 is 11.4 Å². The Morgan fingerprint density at radius 3 is 2.61 bits per heavy atom. The summed E-state index contributed by atoms with van der Waals surface area (Å²) in [5.41, 5.74) is 6.52. The Hall–Kier alpha value is -1.82. The van der Waals surface area contributed by atoms with Crippen LogP contribution in [0.1, 0.15) is 38.7 Å². The number of benzene rings is 1. The first-order valence-corrected chi connectivity index (χ1v) is 7.78. The van der Waals surface area contributed by atoms with E-state index in [4.69, 9.17) is 15.2 Å². The van der Waals surface area contributed by atoms with Gasteiger partial charge in [0.2, 0.25) is 0 Å². The first-order chi connectivity index (χ1) is 10.7. The zero-order valence-corrected chi connectivity index (χ0v) is 14.1. The van der Waals surface area contributed by atoms with Gasteiger partial charge in [0.25, 0.3) is 0 Å². The molecule has 0 aromatic heterocycles. The van der Waals surface area contributed by atoms with E-state index in [0.29, 0.717) is 19.5 Å². The molecule has 6 heteroatoms. The maximum Gasteiger partial charge on any atom is 0.410 e. The van der Waals surface area contributed by atoms with Gasteiger partial charge in [-0.25, -0.2) is 9.18 Å². The molecule has 2 rings (SSSR count). The Kier molecular flexibility index (Phi) is 5.14. The lowest BCUT2D eigenvalue weighted by molar-refractivity contribution is 0.0186. The van der Waals surface area contributed by atoms with Crippen molar-refractivity contribution in [3.63, 3.8) is 0 Å². The molecule has 2 atom stereocenters. The van der Waals surface area contributed by atoms with Crippen LogP contribution in [0.25, 0.3) is 0 Å². The van der Waals surface area contributed by atoms with E-state index >= 15 is 0 Å². The van der Waals surface area contributed by atoms with Gasteiger partial charge in [-0.05, 0) is 44.9 Å². The number of ether oxygens (including phenoxy) is 2. The van der Waals surface area contributed by atoms with Crippen molar-refractivity contribution in [1.29, 1.82) is 0 Å². The van der Waals surface area contributed by atoms with E-state index in [0.717, 1.165) is 5.56 Å². The van der Waals surface area contributed by atoms with Crippen molar-refractivity contribution in [3.8, 4) is 5.75 Å². The minimum atomic E-state index is -0.531. The molecular formula is C17H25FN2O3. The second-order valence-corrected chi connectivity index (χ2v) is 6.88. The van der Waals surface area contributed by atoms with Crippen LogP contribution >= 0.6 is 0 Å². The van der Waals surface area contributed by atoms with Crippen molar-refractivity contribution in [2.45, 2.75) is 44.8 Å². The molecule has 0 spiro atoms. The topological polar surface area (TPSA) is 64.8 Å². The van der Waals surface area contributed by atoms with Gasteiger partial charge in [-0.2, -0.15) is 0 Å². The fraction of sp³-hybridized carbons (Fsp3) is 0.588. The Labute approximate surface area is 136 Å². The number of methoxy groups -OCH3 is 1.